The van der Waals surface area contributed by atoms with Crippen LogP contribution < -0.4 is 5.73 Å². The number of hydrogen-bond acceptors (Lipinski definition) is 2. The van der Waals surface area contributed by atoms with Crippen molar-refractivity contribution in [1.29, 1.82) is 0 Å². The maximum atomic E-state index is 12.6. The maximum Gasteiger partial charge on any atom is 0.227 e. The molecule has 124 valence electrons. The van der Waals surface area contributed by atoms with E-state index in [9.17, 15) is 4.79 Å². The van der Waals surface area contributed by atoms with E-state index in [0.717, 1.165) is 17.5 Å². The molecular weight excluding hydrogens is 331 g/mol. The third-order valence-corrected chi connectivity index (χ3v) is 3.68. The summed E-state index contributed by atoms with van der Waals surface area (Å²) < 4.78 is 0. The monoisotopic (exact) mass is 352 g/mol. The van der Waals surface area contributed by atoms with E-state index in [1.807, 2.05) is 59.5 Å². The zero-order valence-corrected chi connectivity index (χ0v) is 14.5. The van der Waals surface area contributed by atoms with Crippen molar-refractivity contribution in [1.82, 2.24) is 4.90 Å². The van der Waals surface area contributed by atoms with E-state index in [0.29, 0.717) is 31.1 Å². The number of rotatable bonds is 7. The van der Waals surface area contributed by atoms with Crippen molar-refractivity contribution in [2.24, 2.45) is 5.73 Å². The number of hydrogen-bond donors (Lipinski definition) is 1. The summed E-state index contributed by atoms with van der Waals surface area (Å²) in [5, 5.41) is 0.655. The summed E-state index contributed by atoms with van der Waals surface area (Å²) >= 11 is 5.98. The molecule has 0 spiro atoms. The van der Waals surface area contributed by atoms with Gasteiger partial charge in [0.15, 0.2) is 0 Å². The van der Waals surface area contributed by atoms with Crippen LogP contribution in [0, 0.1) is 0 Å². The molecule has 0 saturated carbocycles. The fourth-order valence-electron chi connectivity index (χ4n) is 2.31. The molecular formula is C18H22Cl2N2O. The highest BCUT2D eigenvalue weighted by Gasteiger charge is 2.14. The first-order valence-electron chi connectivity index (χ1n) is 7.45. The molecule has 0 bridgehead atoms. The lowest BCUT2D eigenvalue weighted by Crippen LogP contribution is -2.33. The molecule has 0 aromatic heterocycles. The van der Waals surface area contributed by atoms with Crippen molar-refractivity contribution in [3.63, 3.8) is 0 Å². The van der Waals surface area contributed by atoms with Gasteiger partial charge in [0.05, 0.1) is 6.42 Å². The predicted octanol–water partition coefficient (Wildman–Crippen LogP) is 3.68. The van der Waals surface area contributed by atoms with E-state index < -0.39 is 0 Å². The number of nitrogens with two attached hydrogens (primary N) is 1. The number of amides is 1. The van der Waals surface area contributed by atoms with E-state index >= 15 is 0 Å². The van der Waals surface area contributed by atoms with Gasteiger partial charge in [0.2, 0.25) is 5.91 Å². The second-order valence-corrected chi connectivity index (χ2v) is 5.69. The Morgan fingerprint density at radius 1 is 1.04 bits per heavy atom. The summed E-state index contributed by atoms with van der Waals surface area (Å²) in [5.74, 6) is 0.0968. The minimum absolute atomic E-state index is 0. The largest absolute Gasteiger partial charge is 0.338 e. The minimum atomic E-state index is 0. The van der Waals surface area contributed by atoms with Crippen LogP contribution in [0.15, 0.2) is 54.6 Å². The quantitative estimate of drug-likeness (QED) is 0.825. The molecule has 0 unspecified atom stereocenters. The Bertz CT molecular complexity index is 605. The van der Waals surface area contributed by atoms with Crippen LogP contribution in [0.2, 0.25) is 5.02 Å². The lowest BCUT2D eigenvalue weighted by Gasteiger charge is -2.23. The van der Waals surface area contributed by atoms with Gasteiger partial charge in [-0.2, -0.15) is 0 Å². The average molecular weight is 353 g/mol. The first-order chi connectivity index (χ1) is 10.7. The smallest absolute Gasteiger partial charge is 0.227 e. The van der Waals surface area contributed by atoms with Crippen LogP contribution in [0.5, 0.6) is 0 Å². The highest BCUT2D eigenvalue weighted by atomic mass is 35.5. The van der Waals surface area contributed by atoms with Crippen molar-refractivity contribution in [3.8, 4) is 0 Å². The van der Waals surface area contributed by atoms with E-state index in [1.54, 1.807) is 0 Å². The van der Waals surface area contributed by atoms with Gasteiger partial charge in [0, 0.05) is 18.1 Å². The van der Waals surface area contributed by atoms with Gasteiger partial charge in [-0.25, -0.2) is 0 Å². The zero-order chi connectivity index (χ0) is 15.8. The molecule has 1 amide bonds. The van der Waals surface area contributed by atoms with Crippen LogP contribution in [-0.4, -0.2) is 23.9 Å². The molecule has 3 nitrogen and oxygen atoms in total. The Labute approximate surface area is 148 Å². The van der Waals surface area contributed by atoms with E-state index in [2.05, 4.69) is 0 Å². The lowest BCUT2D eigenvalue weighted by atomic mass is 10.1. The third-order valence-electron chi connectivity index (χ3n) is 3.45. The van der Waals surface area contributed by atoms with Crippen molar-refractivity contribution in [3.05, 3.63) is 70.7 Å². The minimum Gasteiger partial charge on any atom is -0.338 e. The fourth-order valence-corrected chi connectivity index (χ4v) is 2.52. The number of halogens is 2. The van der Waals surface area contributed by atoms with Crippen LogP contribution in [-0.2, 0) is 17.8 Å². The van der Waals surface area contributed by atoms with E-state index in [1.165, 1.54) is 0 Å². The highest BCUT2D eigenvalue weighted by molar-refractivity contribution is 6.30. The van der Waals surface area contributed by atoms with Gasteiger partial charge < -0.3 is 10.6 Å². The van der Waals surface area contributed by atoms with Crippen LogP contribution in [0.1, 0.15) is 17.5 Å². The van der Waals surface area contributed by atoms with E-state index in [4.69, 9.17) is 17.3 Å². The van der Waals surface area contributed by atoms with Crippen LogP contribution >= 0.6 is 24.0 Å². The van der Waals surface area contributed by atoms with Crippen molar-refractivity contribution < 1.29 is 4.79 Å². The standard InChI is InChI=1S/C18H21ClN2O.ClH/c19-17-9-4-8-16(12-17)13-18(22)21(11-5-10-20)14-15-6-2-1-3-7-15;/h1-4,6-9,12H,5,10-11,13-14,20H2;1H. The molecule has 0 aliphatic rings. The number of carbonyl (C=O) groups is 1. The molecule has 0 atom stereocenters. The second-order valence-electron chi connectivity index (χ2n) is 5.25. The normalized spacial score (nSPS) is 10.0. The molecule has 0 aliphatic carbocycles. The Kier molecular flexibility index (Phi) is 8.70. The molecule has 2 N–H and O–H groups in total. The molecule has 23 heavy (non-hydrogen) atoms. The summed E-state index contributed by atoms with van der Waals surface area (Å²) in [6.45, 7) is 1.86. The van der Waals surface area contributed by atoms with Gasteiger partial charge >= 0.3 is 0 Å². The van der Waals surface area contributed by atoms with Gasteiger partial charge in [-0.3, -0.25) is 4.79 Å². The van der Waals surface area contributed by atoms with Gasteiger partial charge in [-0.05, 0) is 36.2 Å². The van der Waals surface area contributed by atoms with Gasteiger partial charge in [0.1, 0.15) is 0 Å². The summed E-state index contributed by atoms with van der Waals surface area (Å²) in [5.41, 5.74) is 7.65. The average Bonchev–Trinajstić information content (AvgIpc) is 2.52. The maximum absolute atomic E-state index is 12.6. The van der Waals surface area contributed by atoms with E-state index in [-0.39, 0.29) is 18.3 Å². The Morgan fingerprint density at radius 2 is 1.74 bits per heavy atom. The van der Waals surface area contributed by atoms with Crippen LogP contribution in [0.25, 0.3) is 0 Å². The number of benzene rings is 2. The highest BCUT2D eigenvalue weighted by Crippen LogP contribution is 2.13. The van der Waals surface area contributed by atoms with Crippen LogP contribution in [0.3, 0.4) is 0 Å². The van der Waals surface area contributed by atoms with Crippen LogP contribution in [0.4, 0.5) is 0 Å². The predicted molar refractivity (Wildman–Crippen MR) is 97.9 cm³/mol. The van der Waals surface area contributed by atoms with Crippen molar-refractivity contribution in [2.45, 2.75) is 19.4 Å². The number of nitrogens with zero attached hydrogens (tertiary/aromatic N) is 1. The molecule has 0 heterocycles. The van der Waals surface area contributed by atoms with Gasteiger partial charge in [-0.1, -0.05) is 54.1 Å². The first-order valence-corrected chi connectivity index (χ1v) is 7.83. The molecule has 0 radical (unpaired) electrons. The zero-order valence-electron chi connectivity index (χ0n) is 13.0. The second kappa shape index (κ2) is 10.3. The molecule has 0 saturated heterocycles. The molecule has 5 heteroatoms. The van der Waals surface area contributed by atoms with Gasteiger partial charge in [0.25, 0.3) is 0 Å². The Morgan fingerprint density at radius 3 is 2.39 bits per heavy atom. The van der Waals surface area contributed by atoms with Crippen molar-refractivity contribution in [2.75, 3.05) is 13.1 Å². The number of carbonyl (C=O) groups excluding carboxylic acids is 1. The SMILES string of the molecule is Cl.NCCCN(Cc1ccccc1)C(=O)Cc1cccc(Cl)c1. The summed E-state index contributed by atoms with van der Waals surface area (Å²) in [7, 11) is 0. The Balaban J connectivity index is 0.00000264. The molecule has 2 aromatic rings. The lowest BCUT2D eigenvalue weighted by molar-refractivity contribution is -0.131. The summed E-state index contributed by atoms with van der Waals surface area (Å²) in [6.07, 6.45) is 1.16. The molecule has 0 fully saturated rings. The fraction of sp³-hybridized carbons (Fsp3) is 0.278. The topological polar surface area (TPSA) is 46.3 Å². The molecule has 2 rings (SSSR count). The molecule has 2 aromatic carbocycles. The van der Waals surface area contributed by atoms with Gasteiger partial charge in [-0.15, -0.1) is 12.4 Å². The Hall–Kier alpha value is -1.55. The summed E-state index contributed by atoms with van der Waals surface area (Å²) in [6, 6.07) is 17.4. The van der Waals surface area contributed by atoms with Crippen molar-refractivity contribution >= 4 is 29.9 Å². The third kappa shape index (κ3) is 6.61. The first kappa shape index (κ1) is 19.5. The summed E-state index contributed by atoms with van der Waals surface area (Å²) in [4.78, 5) is 14.4. The molecule has 0 aliphatic heterocycles.